The molecule has 106 valence electrons. The molecule has 2 nitrogen and oxygen atoms in total. The van der Waals surface area contributed by atoms with Gasteiger partial charge in [0.05, 0.1) is 0 Å². The predicted molar refractivity (Wildman–Crippen MR) is 80.3 cm³/mol. The van der Waals surface area contributed by atoms with Crippen LogP contribution in [0.4, 0.5) is 0 Å². The Morgan fingerprint density at radius 3 is 2.84 bits per heavy atom. The fourth-order valence-corrected chi connectivity index (χ4v) is 3.00. The van der Waals surface area contributed by atoms with Gasteiger partial charge < -0.3 is 10.1 Å². The molecule has 1 aliphatic rings. The van der Waals surface area contributed by atoms with Crippen LogP contribution in [0.25, 0.3) is 0 Å². The molecule has 2 heteroatoms. The van der Waals surface area contributed by atoms with Crippen LogP contribution in [-0.2, 0) is 11.2 Å². The van der Waals surface area contributed by atoms with Crippen molar-refractivity contribution in [3.05, 3.63) is 35.4 Å². The highest BCUT2D eigenvalue weighted by molar-refractivity contribution is 5.35. The Bertz CT molecular complexity index is 389. The highest BCUT2D eigenvalue weighted by Gasteiger charge is 2.30. The van der Waals surface area contributed by atoms with Crippen LogP contribution in [0, 0.1) is 11.8 Å². The number of nitrogens with one attached hydrogen (secondary N) is 1. The third-order valence-electron chi connectivity index (χ3n) is 3.85. The zero-order valence-corrected chi connectivity index (χ0v) is 12.5. The second-order valence-electron chi connectivity index (χ2n) is 5.96. The van der Waals surface area contributed by atoms with Gasteiger partial charge in [-0.2, -0.15) is 0 Å². The van der Waals surface area contributed by atoms with E-state index in [4.69, 9.17) is 4.74 Å². The van der Waals surface area contributed by atoms with Gasteiger partial charge in [0.1, 0.15) is 0 Å². The number of rotatable bonds is 7. The first kappa shape index (κ1) is 14.5. The third kappa shape index (κ3) is 3.80. The SMILES string of the molecule is CCNC1c2ccccc2CC1CCOCC(C)C. The molecule has 2 unspecified atom stereocenters. The molecule has 1 aliphatic carbocycles. The van der Waals surface area contributed by atoms with Gasteiger partial charge in [-0.3, -0.25) is 0 Å². The van der Waals surface area contributed by atoms with E-state index >= 15 is 0 Å². The molecule has 0 saturated carbocycles. The lowest BCUT2D eigenvalue weighted by Crippen LogP contribution is -2.26. The van der Waals surface area contributed by atoms with Crippen molar-refractivity contribution in [1.82, 2.24) is 5.32 Å². The first-order valence-electron chi connectivity index (χ1n) is 7.61. The van der Waals surface area contributed by atoms with Gasteiger partial charge in [-0.05, 0) is 42.3 Å². The van der Waals surface area contributed by atoms with Crippen LogP contribution in [-0.4, -0.2) is 19.8 Å². The lowest BCUT2D eigenvalue weighted by molar-refractivity contribution is 0.0945. The number of hydrogen-bond donors (Lipinski definition) is 1. The third-order valence-corrected chi connectivity index (χ3v) is 3.85. The van der Waals surface area contributed by atoms with E-state index in [0.29, 0.717) is 17.9 Å². The predicted octanol–water partition coefficient (Wildman–Crippen LogP) is 3.57. The Hall–Kier alpha value is -0.860. The molecule has 0 radical (unpaired) electrons. The molecule has 0 heterocycles. The Morgan fingerprint density at radius 2 is 2.11 bits per heavy atom. The molecule has 0 bridgehead atoms. The standard InChI is InChI=1S/C17H27NO/c1-4-18-17-15(9-10-19-12-13(2)3)11-14-7-5-6-8-16(14)17/h5-8,13,15,17-18H,4,9-12H2,1-3H3. The normalized spacial score (nSPS) is 21.9. The number of fused-ring (bicyclic) bond motifs is 1. The Balaban J connectivity index is 1.91. The zero-order chi connectivity index (χ0) is 13.7. The highest BCUT2D eigenvalue weighted by atomic mass is 16.5. The van der Waals surface area contributed by atoms with Crippen LogP contribution < -0.4 is 5.32 Å². The van der Waals surface area contributed by atoms with Crippen molar-refractivity contribution in [2.24, 2.45) is 11.8 Å². The topological polar surface area (TPSA) is 21.3 Å². The molecule has 19 heavy (non-hydrogen) atoms. The van der Waals surface area contributed by atoms with E-state index in [2.05, 4.69) is 50.4 Å². The Morgan fingerprint density at radius 1 is 1.32 bits per heavy atom. The van der Waals surface area contributed by atoms with Crippen molar-refractivity contribution in [1.29, 1.82) is 0 Å². The van der Waals surface area contributed by atoms with E-state index < -0.39 is 0 Å². The van der Waals surface area contributed by atoms with Crippen molar-refractivity contribution in [3.63, 3.8) is 0 Å². The Kier molecular flexibility index (Phi) is 5.41. The summed E-state index contributed by atoms with van der Waals surface area (Å²) in [4.78, 5) is 0. The molecular weight excluding hydrogens is 234 g/mol. The average molecular weight is 261 g/mol. The summed E-state index contributed by atoms with van der Waals surface area (Å²) in [5, 5.41) is 3.64. The molecule has 0 amide bonds. The second kappa shape index (κ2) is 7.06. The molecule has 0 aromatic heterocycles. The molecule has 0 saturated heterocycles. The van der Waals surface area contributed by atoms with E-state index in [0.717, 1.165) is 26.2 Å². The van der Waals surface area contributed by atoms with Gasteiger partial charge in [0.15, 0.2) is 0 Å². The van der Waals surface area contributed by atoms with Crippen LogP contribution in [0.1, 0.15) is 44.4 Å². The lowest BCUT2D eigenvalue weighted by Gasteiger charge is -2.21. The van der Waals surface area contributed by atoms with Crippen molar-refractivity contribution in [3.8, 4) is 0 Å². The van der Waals surface area contributed by atoms with E-state index in [1.807, 2.05) is 0 Å². The first-order chi connectivity index (χ1) is 9.22. The van der Waals surface area contributed by atoms with E-state index in [1.165, 1.54) is 17.5 Å². The zero-order valence-electron chi connectivity index (χ0n) is 12.5. The van der Waals surface area contributed by atoms with E-state index in [-0.39, 0.29) is 0 Å². The molecule has 1 aromatic rings. The number of benzene rings is 1. The van der Waals surface area contributed by atoms with E-state index in [1.54, 1.807) is 0 Å². The van der Waals surface area contributed by atoms with Crippen LogP contribution in [0.2, 0.25) is 0 Å². The quantitative estimate of drug-likeness (QED) is 0.758. The van der Waals surface area contributed by atoms with Crippen LogP contribution in [0.3, 0.4) is 0 Å². The largest absolute Gasteiger partial charge is 0.381 e. The summed E-state index contributed by atoms with van der Waals surface area (Å²) in [5.41, 5.74) is 3.01. The van der Waals surface area contributed by atoms with Crippen molar-refractivity contribution in [2.75, 3.05) is 19.8 Å². The summed E-state index contributed by atoms with van der Waals surface area (Å²) in [6, 6.07) is 9.37. The average Bonchev–Trinajstić information content (AvgIpc) is 2.74. The fraction of sp³-hybridized carbons (Fsp3) is 0.647. The molecule has 2 rings (SSSR count). The van der Waals surface area contributed by atoms with Gasteiger partial charge >= 0.3 is 0 Å². The lowest BCUT2D eigenvalue weighted by atomic mass is 9.97. The summed E-state index contributed by atoms with van der Waals surface area (Å²) in [5.74, 6) is 1.31. The van der Waals surface area contributed by atoms with Gasteiger partial charge in [-0.15, -0.1) is 0 Å². The molecule has 0 aliphatic heterocycles. The fourth-order valence-electron chi connectivity index (χ4n) is 3.00. The Labute approximate surface area is 117 Å². The smallest absolute Gasteiger partial charge is 0.0488 e. The molecule has 1 aromatic carbocycles. The van der Waals surface area contributed by atoms with Gasteiger partial charge in [0.25, 0.3) is 0 Å². The summed E-state index contributed by atoms with van der Waals surface area (Å²) >= 11 is 0. The summed E-state index contributed by atoms with van der Waals surface area (Å²) in [6.45, 7) is 9.39. The van der Waals surface area contributed by atoms with Crippen molar-refractivity contribution >= 4 is 0 Å². The minimum Gasteiger partial charge on any atom is -0.381 e. The van der Waals surface area contributed by atoms with E-state index in [9.17, 15) is 0 Å². The second-order valence-corrected chi connectivity index (χ2v) is 5.96. The van der Waals surface area contributed by atoms with Gasteiger partial charge in [-0.25, -0.2) is 0 Å². The molecule has 2 atom stereocenters. The van der Waals surface area contributed by atoms with Gasteiger partial charge in [0, 0.05) is 19.3 Å². The minimum absolute atomic E-state index is 0.517. The number of ether oxygens (including phenoxy) is 1. The molecule has 0 fully saturated rings. The van der Waals surface area contributed by atoms with Crippen LogP contribution >= 0.6 is 0 Å². The van der Waals surface area contributed by atoms with Crippen molar-refractivity contribution < 1.29 is 4.74 Å². The highest BCUT2D eigenvalue weighted by Crippen LogP contribution is 2.37. The summed E-state index contributed by atoms with van der Waals surface area (Å²) < 4.78 is 5.75. The maximum atomic E-state index is 5.75. The van der Waals surface area contributed by atoms with Crippen LogP contribution in [0.5, 0.6) is 0 Å². The van der Waals surface area contributed by atoms with Gasteiger partial charge in [-0.1, -0.05) is 45.0 Å². The maximum absolute atomic E-state index is 5.75. The monoisotopic (exact) mass is 261 g/mol. The maximum Gasteiger partial charge on any atom is 0.0488 e. The molecular formula is C17H27NO. The van der Waals surface area contributed by atoms with Crippen molar-refractivity contribution in [2.45, 2.75) is 39.7 Å². The van der Waals surface area contributed by atoms with Gasteiger partial charge in [0.2, 0.25) is 0 Å². The molecule has 1 N–H and O–H groups in total. The minimum atomic E-state index is 0.517. The first-order valence-corrected chi connectivity index (χ1v) is 7.61. The summed E-state index contributed by atoms with van der Waals surface area (Å²) in [7, 11) is 0. The van der Waals surface area contributed by atoms with Crippen LogP contribution in [0.15, 0.2) is 24.3 Å². The summed E-state index contributed by atoms with van der Waals surface area (Å²) in [6.07, 6.45) is 2.35. The number of hydrogen-bond acceptors (Lipinski definition) is 2. The molecule has 0 spiro atoms.